The fourth-order valence-electron chi connectivity index (χ4n) is 1.10. The molecule has 2 aromatic rings. The Bertz CT molecular complexity index is 566. The zero-order valence-electron chi connectivity index (χ0n) is 7.29. The lowest BCUT2D eigenvalue weighted by Gasteiger charge is -1.98. The summed E-state index contributed by atoms with van der Waals surface area (Å²) < 4.78 is 25.9. The first-order valence-electron chi connectivity index (χ1n) is 3.89. The van der Waals surface area contributed by atoms with Crippen LogP contribution in [0.4, 0.5) is 0 Å². The van der Waals surface area contributed by atoms with Crippen molar-refractivity contribution in [3.8, 4) is 11.3 Å². The summed E-state index contributed by atoms with van der Waals surface area (Å²) in [7, 11) is 1.54. The second-order valence-corrected chi connectivity index (χ2v) is 5.93. The molecule has 0 radical (unpaired) electrons. The number of nitrogens with zero attached hydrogens (tertiary/aromatic N) is 2. The minimum atomic E-state index is -3.69. The molecule has 0 saturated heterocycles. The summed E-state index contributed by atoms with van der Waals surface area (Å²) in [6.07, 6.45) is 0. The topological polar surface area (TPSA) is 59.9 Å². The number of hydrogen-bond donors (Lipinski definition) is 0. The third-order valence-electron chi connectivity index (χ3n) is 1.77. The van der Waals surface area contributed by atoms with Crippen LogP contribution in [0.15, 0.2) is 34.5 Å². The summed E-state index contributed by atoms with van der Waals surface area (Å²) >= 11 is 1.20. The van der Waals surface area contributed by atoms with E-state index in [0.29, 0.717) is 11.3 Å². The second-order valence-electron chi connectivity index (χ2n) is 2.76. The molecule has 0 saturated carbocycles. The van der Waals surface area contributed by atoms with E-state index in [1.165, 1.54) is 23.7 Å². The minimum Gasteiger partial charge on any atom is -0.207 e. The Labute approximate surface area is 95.1 Å². The molecule has 0 amide bonds. The summed E-state index contributed by atoms with van der Waals surface area (Å²) in [5, 5.41) is 5.58. The molecule has 0 aliphatic heterocycles. The quantitative estimate of drug-likeness (QED) is 0.776. The first-order valence-corrected chi connectivity index (χ1v) is 7.04. The van der Waals surface area contributed by atoms with E-state index in [2.05, 4.69) is 9.59 Å². The van der Waals surface area contributed by atoms with Gasteiger partial charge >= 0.3 is 0 Å². The van der Waals surface area contributed by atoms with E-state index in [1.807, 2.05) is 0 Å². The normalized spacial score (nSPS) is 11.5. The first kappa shape index (κ1) is 10.5. The monoisotopic (exact) mass is 260 g/mol. The van der Waals surface area contributed by atoms with Gasteiger partial charge in [-0.15, -0.1) is 5.10 Å². The van der Waals surface area contributed by atoms with Crippen LogP contribution in [0.5, 0.6) is 0 Å². The third kappa shape index (κ3) is 2.34. The van der Waals surface area contributed by atoms with E-state index in [1.54, 1.807) is 17.5 Å². The van der Waals surface area contributed by atoms with E-state index >= 15 is 0 Å². The van der Waals surface area contributed by atoms with E-state index < -0.39 is 9.05 Å². The SMILES string of the molecule is O=S(=O)(Cl)c1cccc(-c2csnn2)c1. The summed E-state index contributed by atoms with van der Waals surface area (Å²) in [4.78, 5) is 0.0645. The molecule has 0 bridgehead atoms. The Morgan fingerprint density at radius 3 is 2.73 bits per heavy atom. The van der Waals surface area contributed by atoms with Crippen molar-refractivity contribution in [1.82, 2.24) is 9.59 Å². The van der Waals surface area contributed by atoms with E-state index in [9.17, 15) is 8.42 Å². The van der Waals surface area contributed by atoms with Crippen molar-refractivity contribution in [3.63, 3.8) is 0 Å². The van der Waals surface area contributed by atoms with Crippen LogP contribution in [0.1, 0.15) is 0 Å². The van der Waals surface area contributed by atoms with Gasteiger partial charge in [0, 0.05) is 21.6 Å². The highest BCUT2D eigenvalue weighted by molar-refractivity contribution is 8.13. The lowest BCUT2D eigenvalue weighted by atomic mass is 10.2. The number of halogens is 1. The van der Waals surface area contributed by atoms with Crippen molar-refractivity contribution in [3.05, 3.63) is 29.6 Å². The zero-order valence-corrected chi connectivity index (χ0v) is 9.68. The van der Waals surface area contributed by atoms with Crippen LogP contribution >= 0.6 is 22.2 Å². The predicted molar refractivity (Wildman–Crippen MR) is 58.4 cm³/mol. The van der Waals surface area contributed by atoms with E-state index in [0.717, 1.165) is 0 Å². The average Bonchev–Trinajstić information content (AvgIpc) is 2.69. The van der Waals surface area contributed by atoms with Gasteiger partial charge in [-0.2, -0.15) is 0 Å². The predicted octanol–water partition coefficient (Wildman–Crippen LogP) is 2.13. The van der Waals surface area contributed by atoms with E-state index in [4.69, 9.17) is 10.7 Å². The number of hydrogen-bond acceptors (Lipinski definition) is 5. The molecule has 0 aliphatic rings. The summed E-state index contributed by atoms with van der Waals surface area (Å²) in [5.41, 5.74) is 1.33. The van der Waals surface area contributed by atoms with E-state index in [-0.39, 0.29) is 4.90 Å². The van der Waals surface area contributed by atoms with Crippen LogP contribution in [0.2, 0.25) is 0 Å². The Hall–Kier alpha value is -0.980. The maximum Gasteiger partial charge on any atom is 0.261 e. The van der Waals surface area contributed by atoms with Crippen LogP contribution in [0, 0.1) is 0 Å². The minimum absolute atomic E-state index is 0.0645. The number of aromatic nitrogens is 2. The van der Waals surface area contributed by atoms with Crippen LogP contribution < -0.4 is 0 Å². The van der Waals surface area contributed by atoms with Crippen molar-refractivity contribution >= 4 is 31.3 Å². The fraction of sp³-hybridized carbons (Fsp3) is 0. The third-order valence-corrected chi connectivity index (χ3v) is 3.63. The first-order chi connectivity index (χ1) is 7.07. The van der Waals surface area contributed by atoms with Gasteiger partial charge in [0.25, 0.3) is 9.05 Å². The number of benzene rings is 1. The molecule has 78 valence electrons. The van der Waals surface area contributed by atoms with Crippen molar-refractivity contribution in [2.24, 2.45) is 0 Å². The Morgan fingerprint density at radius 2 is 2.13 bits per heavy atom. The second kappa shape index (κ2) is 3.88. The summed E-state index contributed by atoms with van der Waals surface area (Å²) in [5.74, 6) is 0. The largest absolute Gasteiger partial charge is 0.261 e. The van der Waals surface area contributed by atoms with Crippen molar-refractivity contribution in [2.45, 2.75) is 4.90 Å². The Balaban J connectivity index is 2.53. The molecule has 1 aromatic heterocycles. The highest BCUT2D eigenvalue weighted by Crippen LogP contribution is 2.23. The lowest BCUT2D eigenvalue weighted by molar-refractivity contribution is 0.609. The molecule has 7 heteroatoms. The molecule has 0 spiro atoms. The van der Waals surface area contributed by atoms with Crippen molar-refractivity contribution in [2.75, 3.05) is 0 Å². The maximum absolute atomic E-state index is 11.1. The average molecular weight is 261 g/mol. The highest BCUT2D eigenvalue weighted by Gasteiger charge is 2.11. The van der Waals surface area contributed by atoms with Gasteiger partial charge in [-0.3, -0.25) is 0 Å². The smallest absolute Gasteiger partial charge is 0.207 e. The molecule has 0 unspecified atom stereocenters. The molecular weight excluding hydrogens is 256 g/mol. The fourth-order valence-corrected chi connectivity index (χ4v) is 2.36. The van der Waals surface area contributed by atoms with Crippen LogP contribution in [0.3, 0.4) is 0 Å². The molecular formula is C8H5ClN2O2S2. The van der Waals surface area contributed by atoms with Gasteiger partial charge in [-0.1, -0.05) is 16.6 Å². The van der Waals surface area contributed by atoms with Gasteiger partial charge in [0.1, 0.15) is 5.69 Å². The molecule has 0 aliphatic carbocycles. The molecule has 15 heavy (non-hydrogen) atoms. The Morgan fingerprint density at radius 1 is 1.33 bits per heavy atom. The van der Waals surface area contributed by atoms with Gasteiger partial charge in [-0.05, 0) is 23.7 Å². The van der Waals surface area contributed by atoms with Crippen LogP contribution in [0.25, 0.3) is 11.3 Å². The zero-order chi connectivity index (χ0) is 10.9. The molecule has 2 rings (SSSR count). The summed E-state index contributed by atoms with van der Waals surface area (Å²) in [6, 6.07) is 6.27. The lowest BCUT2D eigenvalue weighted by Crippen LogP contribution is -1.90. The van der Waals surface area contributed by atoms with Crippen LogP contribution in [-0.4, -0.2) is 18.0 Å². The van der Waals surface area contributed by atoms with Crippen molar-refractivity contribution in [1.29, 1.82) is 0 Å². The van der Waals surface area contributed by atoms with Gasteiger partial charge in [0.05, 0.1) is 4.90 Å². The molecule has 0 atom stereocenters. The molecule has 1 aromatic carbocycles. The maximum atomic E-state index is 11.1. The molecule has 1 heterocycles. The van der Waals surface area contributed by atoms with Crippen molar-refractivity contribution < 1.29 is 8.42 Å². The van der Waals surface area contributed by atoms with Gasteiger partial charge in [0.2, 0.25) is 0 Å². The molecule has 0 N–H and O–H groups in total. The molecule has 0 fully saturated rings. The summed E-state index contributed by atoms with van der Waals surface area (Å²) in [6.45, 7) is 0. The Kier molecular flexibility index (Phi) is 2.72. The van der Waals surface area contributed by atoms with Gasteiger partial charge < -0.3 is 0 Å². The van der Waals surface area contributed by atoms with Gasteiger partial charge in [0.15, 0.2) is 0 Å². The standard InChI is InChI=1S/C8H5ClN2O2S2/c9-15(12,13)7-3-1-2-6(4-7)8-5-14-11-10-8/h1-5H. The van der Waals surface area contributed by atoms with Crippen LogP contribution in [-0.2, 0) is 9.05 Å². The highest BCUT2D eigenvalue weighted by atomic mass is 35.7. The van der Waals surface area contributed by atoms with Gasteiger partial charge in [-0.25, -0.2) is 8.42 Å². The molecule has 4 nitrogen and oxygen atoms in total. The number of rotatable bonds is 2.